The Morgan fingerprint density at radius 2 is 2.14 bits per heavy atom. The number of benzene rings is 1. The van der Waals surface area contributed by atoms with Crippen molar-refractivity contribution in [3.05, 3.63) is 54.9 Å². The zero-order chi connectivity index (χ0) is 15.4. The van der Waals surface area contributed by atoms with Crippen LogP contribution in [0.4, 0.5) is 10.5 Å². The van der Waals surface area contributed by atoms with Gasteiger partial charge in [-0.1, -0.05) is 30.4 Å². The molecule has 3 N–H and O–H groups in total. The second kappa shape index (κ2) is 6.44. The van der Waals surface area contributed by atoms with Crippen molar-refractivity contribution in [2.24, 2.45) is 5.92 Å². The van der Waals surface area contributed by atoms with Crippen molar-refractivity contribution in [2.45, 2.75) is 12.5 Å². The fourth-order valence-electron chi connectivity index (χ4n) is 2.46. The number of nitrogens with one attached hydrogen (secondary N) is 2. The standard InChI is InChI=1S/C16H18N4O2/c21-11-12-6-7-13(8-12)18-16(22)19-14-9-17-20(10-14)15-4-2-1-3-5-15/h1-7,9-10,12-13,21H,8,11H2,(H2,18,19,22)/t12-,13+/m0/s1. The summed E-state index contributed by atoms with van der Waals surface area (Å²) in [5, 5.41) is 18.9. The van der Waals surface area contributed by atoms with Crippen LogP contribution in [0.2, 0.25) is 0 Å². The Bertz CT molecular complexity index is 666. The summed E-state index contributed by atoms with van der Waals surface area (Å²) in [7, 11) is 0. The summed E-state index contributed by atoms with van der Waals surface area (Å²) in [4.78, 5) is 12.0. The van der Waals surface area contributed by atoms with E-state index >= 15 is 0 Å². The van der Waals surface area contributed by atoms with E-state index in [9.17, 15) is 4.79 Å². The molecule has 0 spiro atoms. The average Bonchev–Trinajstić information content (AvgIpc) is 3.17. The summed E-state index contributed by atoms with van der Waals surface area (Å²) < 4.78 is 1.70. The highest BCUT2D eigenvalue weighted by Crippen LogP contribution is 2.17. The van der Waals surface area contributed by atoms with Crippen molar-refractivity contribution in [2.75, 3.05) is 11.9 Å². The smallest absolute Gasteiger partial charge is 0.319 e. The molecule has 0 saturated heterocycles. The number of para-hydroxylation sites is 1. The lowest BCUT2D eigenvalue weighted by molar-refractivity contribution is 0.238. The Hall–Kier alpha value is -2.60. The number of hydrogen-bond acceptors (Lipinski definition) is 3. The fourth-order valence-corrected chi connectivity index (χ4v) is 2.46. The molecule has 1 heterocycles. The Labute approximate surface area is 128 Å². The van der Waals surface area contributed by atoms with Gasteiger partial charge in [0, 0.05) is 18.6 Å². The van der Waals surface area contributed by atoms with Gasteiger partial charge in [-0.2, -0.15) is 5.10 Å². The van der Waals surface area contributed by atoms with Crippen LogP contribution in [-0.2, 0) is 0 Å². The van der Waals surface area contributed by atoms with Gasteiger partial charge in [0.15, 0.2) is 0 Å². The van der Waals surface area contributed by atoms with Gasteiger partial charge < -0.3 is 15.7 Å². The molecule has 22 heavy (non-hydrogen) atoms. The molecule has 114 valence electrons. The van der Waals surface area contributed by atoms with Crippen molar-refractivity contribution in [1.29, 1.82) is 0 Å². The van der Waals surface area contributed by atoms with Crippen LogP contribution in [0.5, 0.6) is 0 Å². The molecule has 0 bridgehead atoms. The van der Waals surface area contributed by atoms with Crippen LogP contribution in [0.15, 0.2) is 54.9 Å². The number of anilines is 1. The largest absolute Gasteiger partial charge is 0.396 e. The molecule has 6 heteroatoms. The first-order valence-corrected chi connectivity index (χ1v) is 7.21. The third-order valence-corrected chi connectivity index (χ3v) is 3.58. The van der Waals surface area contributed by atoms with E-state index in [4.69, 9.17) is 5.11 Å². The van der Waals surface area contributed by atoms with Gasteiger partial charge in [-0.15, -0.1) is 0 Å². The van der Waals surface area contributed by atoms with Crippen LogP contribution in [0.1, 0.15) is 6.42 Å². The van der Waals surface area contributed by atoms with Gasteiger partial charge >= 0.3 is 6.03 Å². The van der Waals surface area contributed by atoms with E-state index in [-0.39, 0.29) is 24.6 Å². The van der Waals surface area contributed by atoms with Crippen molar-refractivity contribution < 1.29 is 9.90 Å². The predicted molar refractivity (Wildman–Crippen MR) is 83.8 cm³/mol. The van der Waals surface area contributed by atoms with E-state index in [0.29, 0.717) is 5.69 Å². The summed E-state index contributed by atoms with van der Waals surface area (Å²) in [6.45, 7) is 0.111. The van der Waals surface area contributed by atoms with Gasteiger partial charge in [0.2, 0.25) is 0 Å². The van der Waals surface area contributed by atoms with Crippen molar-refractivity contribution in [3.8, 4) is 5.69 Å². The van der Waals surface area contributed by atoms with Crippen LogP contribution in [0.25, 0.3) is 5.69 Å². The average molecular weight is 298 g/mol. The lowest BCUT2D eigenvalue weighted by atomic mass is 10.1. The molecule has 2 amide bonds. The van der Waals surface area contributed by atoms with E-state index < -0.39 is 0 Å². The zero-order valence-corrected chi connectivity index (χ0v) is 12.0. The van der Waals surface area contributed by atoms with Crippen LogP contribution in [0.3, 0.4) is 0 Å². The monoisotopic (exact) mass is 298 g/mol. The SMILES string of the molecule is O=C(Nc1cnn(-c2ccccc2)c1)N[C@@H]1C=C[C@H](CO)C1. The molecular formula is C16H18N4O2. The van der Waals surface area contributed by atoms with Crippen LogP contribution < -0.4 is 10.6 Å². The van der Waals surface area contributed by atoms with Crippen molar-refractivity contribution >= 4 is 11.7 Å². The molecule has 1 aliphatic rings. The minimum atomic E-state index is -0.277. The minimum Gasteiger partial charge on any atom is -0.396 e. The highest BCUT2D eigenvalue weighted by atomic mass is 16.3. The first-order chi connectivity index (χ1) is 10.7. The number of carbonyl (C=O) groups is 1. The summed E-state index contributed by atoms with van der Waals surface area (Å²) in [6.07, 6.45) is 7.93. The minimum absolute atomic E-state index is 0.0404. The molecule has 6 nitrogen and oxygen atoms in total. The Morgan fingerprint density at radius 1 is 1.32 bits per heavy atom. The lowest BCUT2D eigenvalue weighted by Gasteiger charge is -2.12. The van der Waals surface area contributed by atoms with E-state index in [1.807, 2.05) is 42.5 Å². The second-order valence-corrected chi connectivity index (χ2v) is 5.28. The molecule has 1 aliphatic carbocycles. The Morgan fingerprint density at radius 3 is 2.86 bits per heavy atom. The maximum atomic E-state index is 12.0. The topological polar surface area (TPSA) is 79.2 Å². The first-order valence-electron chi connectivity index (χ1n) is 7.21. The van der Waals surface area contributed by atoms with E-state index in [1.54, 1.807) is 17.1 Å². The summed E-state index contributed by atoms with van der Waals surface area (Å²) in [6, 6.07) is 9.36. The third-order valence-electron chi connectivity index (χ3n) is 3.58. The molecule has 3 rings (SSSR count). The molecule has 2 aromatic rings. The summed E-state index contributed by atoms with van der Waals surface area (Å²) >= 11 is 0. The maximum Gasteiger partial charge on any atom is 0.319 e. The molecule has 0 radical (unpaired) electrons. The number of nitrogens with zero attached hydrogens (tertiary/aromatic N) is 2. The van der Waals surface area contributed by atoms with Gasteiger partial charge in [-0.25, -0.2) is 9.48 Å². The molecule has 0 saturated carbocycles. The third kappa shape index (κ3) is 3.35. The maximum absolute atomic E-state index is 12.0. The normalized spacial score (nSPS) is 20.0. The molecule has 0 unspecified atom stereocenters. The van der Waals surface area contributed by atoms with Gasteiger partial charge in [0.05, 0.1) is 23.8 Å². The van der Waals surface area contributed by atoms with E-state index in [1.165, 1.54) is 0 Å². The second-order valence-electron chi connectivity index (χ2n) is 5.28. The summed E-state index contributed by atoms with van der Waals surface area (Å²) in [5.74, 6) is 0.131. The molecule has 2 atom stereocenters. The van der Waals surface area contributed by atoms with Crippen molar-refractivity contribution in [3.63, 3.8) is 0 Å². The van der Waals surface area contributed by atoms with Gasteiger partial charge in [0.1, 0.15) is 0 Å². The lowest BCUT2D eigenvalue weighted by Crippen LogP contribution is -2.36. The predicted octanol–water partition coefficient (Wildman–Crippen LogP) is 1.93. The number of aromatic nitrogens is 2. The Balaban J connectivity index is 1.56. The van der Waals surface area contributed by atoms with Gasteiger partial charge in [-0.3, -0.25) is 0 Å². The number of urea groups is 1. The molecule has 1 aromatic carbocycles. The van der Waals surface area contributed by atoms with Gasteiger partial charge in [-0.05, 0) is 18.6 Å². The number of hydrogen-bond donors (Lipinski definition) is 3. The highest BCUT2D eigenvalue weighted by molar-refractivity contribution is 5.89. The zero-order valence-electron chi connectivity index (χ0n) is 12.0. The molecule has 0 aliphatic heterocycles. The highest BCUT2D eigenvalue weighted by Gasteiger charge is 2.19. The van der Waals surface area contributed by atoms with E-state index in [0.717, 1.165) is 12.1 Å². The van der Waals surface area contributed by atoms with E-state index in [2.05, 4.69) is 15.7 Å². The van der Waals surface area contributed by atoms with Gasteiger partial charge in [0.25, 0.3) is 0 Å². The number of aliphatic hydroxyl groups excluding tert-OH is 1. The van der Waals surface area contributed by atoms with Crippen LogP contribution in [0, 0.1) is 5.92 Å². The number of rotatable bonds is 4. The fraction of sp³-hybridized carbons (Fsp3) is 0.250. The molecule has 0 fully saturated rings. The molecule has 1 aromatic heterocycles. The first kappa shape index (κ1) is 14.3. The number of amides is 2. The quantitative estimate of drug-likeness (QED) is 0.755. The Kier molecular flexibility index (Phi) is 4.20. The summed E-state index contributed by atoms with van der Waals surface area (Å²) in [5.41, 5.74) is 1.56. The van der Waals surface area contributed by atoms with Crippen molar-refractivity contribution in [1.82, 2.24) is 15.1 Å². The molecular weight excluding hydrogens is 280 g/mol. The van der Waals surface area contributed by atoms with Crippen LogP contribution in [-0.4, -0.2) is 33.6 Å². The number of aliphatic hydroxyl groups is 1. The number of carbonyl (C=O) groups excluding carboxylic acids is 1. The van der Waals surface area contributed by atoms with Crippen LogP contribution >= 0.6 is 0 Å².